The van der Waals surface area contributed by atoms with Gasteiger partial charge in [-0.3, -0.25) is 0 Å². The van der Waals surface area contributed by atoms with Crippen molar-refractivity contribution in [1.29, 1.82) is 0 Å². The molecule has 1 heterocycles. The van der Waals surface area contributed by atoms with Gasteiger partial charge >= 0.3 is 0 Å². The molecule has 0 aliphatic carbocycles. The van der Waals surface area contributed by atoms with Gasteiger partial charge < -0.3 is 5.73 Å². The number of hydrogen-bond acceptors (Lipinski definition) is 3. The molecule has 2 N–H and O–H groups in total. The van der Waals surface area contributed by atoms with Gasteiger partial charge in [0.1, 0.15) is 5.01 Å². The number of nitrogens with zero attached hydrogens (tertiary/aromatic N) is 1. The van der Waals surface area contributed by atoms with Crippen LogP contribution in [0.4, 0.5) is 0 Å². The highest BCUT2D eigenvalue weighted by Gasteiger charge is 2.12. The fourth-order valence-electron chi connectivity index (χ4n) is 1.85. The molecule has 0 bridgehead atoms. The van der Waals surface area contributed by atoms with E-state index in [0.29, 0.717) is 0 Å². The summed E-state index contributed by atoms with van der Waals surface area (Å²) in [7, 11) is 0. The molecule has 0 radical (unpaired) electrons. The molecule has 0 amide bonds. The first kappa shape index (κ1) is 13.7. The number of aryl methyl sites for hydroxylation is 2. The van der Waals surface area contributed by atoms with Gasteiger partial charge in [0.2, 0.25) is 0 Å². The van der Waals surface area contributed by atoms with Gasteiger partial charge in [0.05, 0.1) is 5.69 Å². The van der Waals surface area contributed by atoms with E-state index >= 15 is 0 Å². The molecule has 0 saturated heterocycles. The molecule has 0 saturated carbocycles. The van der Waals surface area contributed by atoms with Crippen LogP contribution in [0.15, 0.2) is 22.7 Å². The van der Waals surface area contributed by atoms with Gasteiger partial charge in [0, 0.05) is 21.0 Å². The minimum Gasteiger partial charge on any atom is -0.328 e. The van der Waals surface area contributed by atoms with Crippen LogP contribution in [0.3, 0.4) is 0 Å². The van der Waals surface area contributed by atoms with Gasteiger partial charge in [-0.25, -0.2) is 4.98 Å². The van der Waals surface area contributed by atoms with Crippen molar-refractivity contribution in [1.82, 2.24) is 4.98 Å². The molecule has 0 aliphatic heterocycles. The molecule has 1 aromatic carbocycles. The van der Waals surface area contributed by atoms with Crippen molar-refractivity contribution in [3.63, 3.8) is 0 Å². The third-order valence-electron chi connectivity index (χ3n) is 2.83. The molecular weight excluding hydrogens is 308 g/mol. The van der Waals surface area contributed by atoms with Gasteiger partial charge in [-0.1, -0.05) is 22.0 Å². The van der Waals surface area contributed by atoms with E-state index in [1.807, 2.05) is 6.92 Å². The predicted octanol–water partition coefficient (Wildman–Crippen LogP) is 4.08. The molecule has 2 aromatic rings. The van der Waals surface area contributed by atoms with Crippen LogP contribution in [0, 0.1) is 13.8 Å². The van der Waals surface area contributed by atoms with Crippen LogP contribution in [0.5, 0.6) is 0 Å². The van der Waals surface area contributed by atoms with E-state index in [9.17, 15) is 0 Å². The van der Waals surface area contributed by atoms with Gasteiger partial charge in [0.25, 0.3) is 0 Å². The van der Waals surface area contributed by atoms with E-state index in [1.165, 1.54) is 16.0 Å². The van der Waals surface area contributed by atoms with Crippen molar-refractivity contribution < 1.29 is 0 Å². The van der Waals surface area contributed by atoms with Gasteiger partial charge in [-0.15, -0.1) is 11.3 Å². The Morgan fingerprint density at radius 3 is 2.78 bits per heavy atom. The molecule has 2 rings (SSSR count). The Bertz CT molecular complexity index is 561. The van der Waals surface area contributed by atoms with Crippen molar-refractivity contribution >= 4 is 27.3 Å². The summed E-state index contributed by atoms with van der Waals surface area (Å²) in [4.78, 5) is 5.97. The number of halogens is 1. The summed E-state index contributed by atoms with van der Waals surface area (Å²) in [6.45, 7) is 6.21. The zero-order valence-corrected chi connectivity index (χ0v) is 13.2. The zero-order chi connectivity index (χ0) is 13.3. The van der Waals surface area contributed by atoms with E-state index in [1.54, 1.807) is 11.3 Å². The lowest BCUT2D eigenvalue weighted by atomic mass is 10.1. The van der Waals surface area contributed by atoms with Crippen molar-refractivity contribution in [2.24, 2.45) is 5.73 Å². The Morgan fingerprint density at radius 1 is 1.39 bits per heavy atom. The standard InChI is InChI=1S/C14H17BrN2S/c1-8-4-5-11(15)7-12(8)14-17-10(3)13(18-14)6-9(2)16/h4-5,7,9H,6,16H2,1-3H3. The lowest BCUT2D eigenvalue weighted by molar-refractivity contribution is 0.742. The molecule has 18 heavy (non-hydrogen) atoms. The fourth-order valence-corrected chi connectivity index (χ4v) is 3.50. The Morgan fingerprint density at radius 2 is 2.11 bits per heavy atom. The maximum atomic E-state index is 5.87. The third kappa shape index (κ3) is 2.99. The van der Waals surface area contributed by atoms with E-state index < -0.39 is 0 Å². The zero-order valence-electron chi connectivity index (χ0n) is 10.8. The molecule has 2 nitrogen and oxygen atoms in total. The molecular formula is C14H17BrN2S. The first-order chi connectivity index (χ1) is 8.47. The molecule has 4 heteroatoms. The van der Waals surface area contributed by atoms with E-state index in [-0.39, 0.29) is 6.04 Å². The number of rotatable bonds is 3. The fraction of sp³-hybridized carbons (Fsp3) is 0.357. The first-order valence-electron chi connectivity index (χ1n) is 5.95. The Hall–Kier alpha value is -0.710. The Labute approximate surface area is 120 Å². The summed E-state index contributed by atoms with van der Waals surface area (Å²) in [6, 6.07) is 6.48. The van der Waals surface area contributed by atoms with Crippen molar-refractivity contribution in [3.8, 4) is 10.6 Å². The van der Waals surface area contributed by atoms with E-state index in [4.69, 9.17) is 5.73 Å². The van der Waals surface area contributed by atoms with Crippen LogP contribution in [0.25, 0.3) is 10.6 Å². The molecule has 0 aliphatic rings. The molecule has 0 spiro atoms. The van der Waals surface area contributed by atoms with Crippen LogP contribution in [0.2, 0.25) is 0 Å². The summed E-state index contributed by atoms with van der Waals surface area (Å²) in [5.41, 5.74) is 9.42. The molecule has 1 atom stereocenters. The van der Waals surface area contributed by atoms with Crippen LogP contribution in [-0.2, 0) is 6.42 Å². The number of benzene rings is 1. The monoisotopic (exact) mass is 324 g/mol. The number of thiazole rings is 1. The number of nitrogens with two attached hydrogens (primary N) is 1. The lowest BCUT2D eigenvalue weighted by Crippen LogP contribution is -2.17. The number of hydrogen-bond donors (Lipinski definition) is 1. The van der Waals surface area contributed by atoms with Crippen molar-refractivity contribution in [3.05, 3.63) is 38.8 Å². The topological polar surface area (TPSA) is 38.9 Å². The summed E-state index contributed by atoms with van der Waals surface area (Å²) < 4.78 is 1.09. The molecule has 96 valence electrons. The van der Waals surface area contributed by atoms with Gasteiger partial charge in [-0.05, 0) is 44.9 Å². The average Bonchev–Trinajstić information content (AvgIpc) is 2.63. The van der Waals surface area contributed by atoms with E-state index in [2.05, 4.69) is 53.0 Å². The highest BCUT2D eigenvalue weighted by atomic mass is 79.9. The second kappa shape index (κ2) is 5.51. The second-order valence-electron chi connectivity index (χ2n) is 4.67. The predicted molar refractivity (Wildman–Crippen MR) is 82.1 cm³/mol. The van der Waals surface area contributed by atoms with Crippen molar-refractivity contribution in [2.45, 2.75) is 33.2 Å². The Kier molecular flexibility index (Phi) is 4.20. The van der Waals surface area contributed by atoms with Crippen LogP contribution < -0.4 is 5.73 Å². The second-order valence-corrected chi connectivity index (χ2v) is 6.67. The summed E-state index contributed by atoms with van der Waals surface area (Å²) >= 11 is 5.27. The highest BCUT2D eigenvalue weighted by Crippen LogP contribution is 2.32. The summed E-state index contributed by atoms with van der Waals surface area (Å²) in [5, 5.41) is 1.09. The third-order valence-corrected chi connectivity index (χ3v) is 4.54. The maximum absolute atomic E-state index is 5.87. The van der Waals surface area contributed by atoms with Crippen LogP contribution >= 0.6 is 27.3 Å². The molecule has 1 unspecified atom stereocenters. The van der Waals surface area contributed by atoms with Gasteiger partial charge in [0.15, 0.2) is 0 Å². The molecule has 1 aromatic heterocycles. The first-order valence-corrected chi connectivity index (χ1v) is 7.56. The quantitative estimate of drug-likeness (QED) is 0.923. The van der Waals surface area contributed by atoms with E-state index in [0.717, 1.165) is 21.6 Å². The van der Waals surface area contributed by atoms with Crippen LogP contribution in [0.1, 0.15) is 23.1 Å². The average molecular weight is 325 g/mol. The molecule has 0 fully saturated rings. The van der Waals surface area contributed by atoms with Gasteiger partial charge in [-0.2, -0.15) is 0 Å². The minimum absolute atomic E-state index is 0.181. The maximum Gasteiger partial charge on any atom is 0.124 e. The largest absolute Gasteiger partial charge is 0.328 e. The normalized spacial score (nSPS) is 12.7. The smallest absolute Gasteiger partial charge is 0.124 e. The van der Waals surface area contributed by atoms with Crippen LogP contribution in [-0.4, -0.2) is 11.0 Å². The summed E-state index contributed by atoms with van der Waals surface area (Å²) in [6.07, 6.45) is 0.899. The van der Waals surface area contributed by atoms with Crippen molar-refractivity contribution in [2.75, 3.05) is 0 Å². The SMILES string of the molecule is Cc1ccc(Br)cc1-c1nc(C)c(CC(C)N)s1. The summed E-state index contributed by atoms with van der Waals surface area (Å²) in [5.74, 6) is 0. The highest BCUT2D eigenvalue weighted by molar-refractivity contribution is 9.10. The minimum atomic E-state index is 0.181. The Balaban J connectivity index is 2.42. The lowest BCUT2D eigenvalue weighted by Gasteiger charge is -2.03. The number of aromatic nitrogens is 1.